The summed E-state index contributed by atoms with van der Waals surface area (Å²) in [5.74, 6) is 2.33. The molecular formula is C20H25N3O3S2. The van der Waals surface area contributed by atoms with Gasteiger partial charge in [-0.2, -0.15) is 4.99 Å². The summed E-state index contributed by atoms with van der Waals surface area (Å²) >= 11 is 1.44. The zero-order chi connectivity index (χ0) is 20.5. The van der Waals surface area contributed by atoms with Crippen molar-refractivity contribution in [2.45, 2.75) is 39.2 Å². The molecule has 1 atom stereocenters. The fourth-order valence-electron chi connectivity index (χ4n) is 3.41. The van der Waals surface area contributed by atoms with Gasteiger partial charge in [-0.15, -0.1) is 6.42 Å². The molecule has 6 nitrogen and oxygen atoms in total. The van der Waals surface area contributed by atoms with Crippen molar-refractivity contribution in [1.82, 2.24) is 8.87 Å². The van der Waals surface area contributed by atoms with Crippen LogP contribution in [0.5, 0.6) is 0 Å². The third-order valence-corrected chi connectivity index (χ3v) is 7.34. The summed E-state index contributed by atoms with van der Waals surface area (Å²) < 4.78 is 27.9. The lowest BCUT2D eigenvalue weighted by atomic mass is 9.99. The summed E-state index contributed by atoms with van der Waals surface area (Å²) in [5, 5.41) is 0. The molecule has 1 fully saturated rings. The van der Waals surface area contributed by atoms with E-state index >= 15 is 0 Å². The number of piperidine rings is 1. The number of thiazole rings is 1. The summed E-state index contributed by atoms with van der Waals surface area (Å²) in [6, 6.07) is 6.21. The molecule has 0 radical (unpaired) electrons. The molecule has 2 heterocycles. The van der Waals surface area contributed by atoms with Gasteiger partial charge in [0.1, 0.15) is 0 Å². The molecule has 1 amide bonds. The van der Waals surface area contributed by atoms with Crippen molar-refractivity contribution in [3.63, 3.8) is 0 Å². The van der Waals surface area contributed by atoms with Crippen LogP contribution < -0.4 is 4.80 Å². The van der Waals surface area contributed by atoms with E-state index in [1.165, 1.54) is 27.5 Å². The standard InChI is InChI=1S/C20H25N3O3S2/c1-5-10-23-17-9-8-15(14(2)3)12-18(17)27-20(23)21-19(24)16-7-6-11-22(13-16)28(4,25)26/h1,8-9,12,14,16H,6-7,10-11,13H2,2-4H3. The van der Waals surface area contributed by atoms with Crippen LogP contribution >= 0.6 is 11.3 Å². The highest BCUT2D eigenvalue weighted by molar-refractivity contribution is 7.88. The molecule has 0 spiro atoms. The number of nitrogens with zero attached hydrogens (tertiary/aromatic N) is 3. The number of terminal acetylenes is 1. The number of amides is 1. The van der Waals surface area contributed by atoms with Gasteiger partial charge in [-0.25, -0.2) is 12.7 Å². The van der Waals surface area contributed by atoms with Gasteiger partial charge in [-0.05, 0) is 36.5 Å². The van der Waals surface area contributed by atoms with Crippen molar-refractivity contribution in [2.24, 2.45) is 10.9 Å². The van der Waals surface area contributed by atoms with E-state index in [0.717, 1.165) is 10.2 Å². The van der Waals surface area contributed by atoms with E-state index in [1.54, 1.807) is 0 Å². The van der Waals surface area contributed by atoms with Crippen molar-refractivity contribution in [1.29, 1.82) is 0 Å². The van der Waals surface area contributed by atoms with E-state index in [1.807, 2.05) is 10.6 Å². The number of carbonyl (C=O) groups excluding carboxylic acids is 1. The molecule has 1 aromatic heterocycles. The van der Waals surface area contributed by atoms with Crippen LogP contribution in [-0.4, -0.2) is 42.5 Å². The number of benzene rings is 1. The maximum atomic E-state index is 12.8. The van der Waals surface area contributed by atoms with E-state index in [-0.39, 0.29) is 12.5 Å². The van der Waals surface area contributed by atoms with Crippen LogP contribution in [0.1, 0.15) is 38.2 Å². The van der Waals surface area contributed by atoms with Crippen LogP contribution in [-0.2, 0) is 21.4 Å². The van der Waals surface area contributed by atoms with E-state index in [2.05, 4.69) is 36.9 Å². The maximum absolute atomic E-state index is 12.8. The minimum atomic E-state index is -3.31. The Morgan fingerprint density at radius 3 is 2.82 bits per heavy atom. The highest BCUT2D eigenvalue weighted by Gasteiger charge is 2.30. The van der Waals surface area contributed by atoms with Gasteiger partial charge in [-0.1, -0.05) is 37.2 Å². The Balaban J connectivity index is 1.99. The number of fused-ring (bicyclic) bond motifs is 1. The first-order chi connectivity index (χ1) is 13.2. The largest absolute Gasteiger partial charge is 0.305 e. The molecule has 150 valence electrons. The first kappa shape index (κ1) is 20.8. The molecule has 0 N–H and O–H groups in total. The molecule has 0 aliphatic carbocycles. The predicted molar refractivity (Wildman–Crippen MR) is 112 cm³/mol. The second kappa shape index (κ2) is 8.19. The SMILES string of the molecule is C#CCn1c(=NC(=O)C2CCCN(S(C)(=O)=O)C2)sc2cc(C(C)C)ccc21. The molecule has 1 aromatic carbocycles. The number of aromatic nitrogens is 1. The number of rotatable bonds is 4. The van der Waals surface area contributed by atoms with Gasteiger partial charge < -0.3 is 4.57 Å². The molecule has 1 aliphatic heterocycles. The van der Waals surface area contributed by atoms with E-state index in [9.17, 15) is 13.2 Å². The lowest BCUT2D eigenvalue weighted by molar-refractivity contribution is -0.122. The van der Waals surface area contributed by atoms with Crippen LogP contribution in [0.15, 0.2) is 23.2 Å². The highest BCUT2D eigenvalue weighted by Crippen LogP contribution is 2.24. The molecule has 8 heteroatoms. The Morgan fingerprint density at radius 2 is 2.18 bits per heavy atom. The van der Waals surface area contributed by atoms with E-state index in [4.69, 9.17) is 6.42 Å². The van der Waals surface area contributed by atoms with E-state index < -0.39 is 15.9 Å². The average Bonchev–Trinajstić information content (AvgIpc) is 2.98. The zero-order valence-corrected chi connectivity index (χ0v) is 18.0. The monoisotopic (exact) mass is 419 g/mol. The molecule has 28 heavy (non-hydrogen) atoms. The Hall–Kier alpha value is -1.95. The molecule has 1 aliphatic rings. The van der Waals surface area contributed by atoms with Crippen LogP contribution in [0.2, 0.25) is 0 Å². The van der Waals surface area contributed by atoms with Crippen LogP contribution in [0, 0.1) is 18.3 Å². The van der Waals surface area contributed by atoms with Gasteiger partial charge in [-0.3, -0.25) is 4.79 Å². The zero-order valence-electron chi connectivity index (χ0n) is 16.4. The minimum absolute atomic E-state index is 0.193. The van der Waals surface area contributed by atoms with Crippen molar-refractivity contribution < 1.29 is 13.2 Å². The van der Waals surface area contributed by atoms with Crippen LogP contribution in [0.25, 0.3) is 10.2 Å². The van der Waals surface area contributed by atoms with Gasteiger partial charge in [0, 0.05) is 13.1 Å². The number of carbonyl (C=O) groups is 1. The van der Waals surface area contributed by atoms with Crippen LogP contribution in [0.4, 0.5) is 0 Å². The summed E-state index contributed by atoms with van der Waals surface area (Å²) in [7, 11) is -3.31. The van der Waals surface area contributed by atoms with Gasteiger partial charge in [0.05, 0.1) is 28.9 Å². The topological polar surface area (TPSA) is 71.7 Å². The lowest BCUT2D eigenvalue weighted by Gasteiger charge is -2.28. The third kappa shape index (κ3) is 4.37. The normalized spacial score (nSPS) is 19.2. The summed E-state index contributed by atoms with van der Waals surface area (Å²) in [5.41, 5.74) is 2.18. The summed E-state index contributed by atoms with van der Waals surface area (Å²) in [6.45, 7) is 5.25. The second-order valence-electron chi connectivity index (χ2n) is 7.47. The highest BCUT2D eigenvalue weighted by atomic mass is 32.2. The number of sulfonamides is 1. The molecule has 3 rings (SSSR count). The van der Waals surface area contributed by atoms with Gasteiger partial charge in [0.2, 0.25) is 10.0 Å². The molecule has 1 saturated heterocycles. The Bertz CT molecular complexity index is 1100. The first-order valence-electron chi connectivity index (χ1n) is 9.31. The van der Waals surface area contributed by atoms with Gasteiger partial charge >= 0.3 is 0 Å². The lowest BCUT2D eigenvalue weighted by Crippen LogP contribution is -2.41. The summed E-state index contributed by atoms with van der Waals surface area (Å²) in [6.07, 6.45) is 8.01. The first-order valence-corrected chi connectivity index (χ1v) is 12.0. The quantitative estimate of drug-likeness (QED) is 0.715. The fourth-order valence-corrected chi connectivity index (χ4v) is 5.40. The second-order valence-corrected chi connectivity index (χ2v) is 10.5. The third-order valence-electron chi connectivity index (χ3n) is 5.03. The maximum Gasteiger partial charge on any atom is 0.252 e. The average molecular weight is 420 g/mol. The molecule has 0 bridgehead atoms. The molecular weight excluding hydrogens is 394 g/mol. The number of hydrogen-bond donors (Lipinski definition) is 0. The smallest absolute Gasteiger partial charge is 0.252 e. The minimum Gasteiger partial charge on any atom is -0.305 e. The van der Waals surface area contributed by atoms with Crippen molar-refractivity contribution in [3.8, 4) is 12.3 Å². The predicted octanol–water partition coefficient (Wildman–Crippen LogP) is 2.56. The Kier molecular flexibility index (Phi) is 6.08. The van der Waals surface area contributed by atoms with Crippen molar-refractivity contribution in [3.05, 3.63) is 28.6 Å². The van der Waals surface area contributed by atoms with Gasteiger partial charge in [0.25, 0.3) is 5.91 Å². The molecule has 2 aromatic rings. The fraction of sp³-hybridized carbons (Fsp3) is 0.500. The van der Waals surface area contributed by atoms with Crippen LogP contribution in [0.3, 0.4) is 0 Å². The summed E-state index contributed by atoms with van der Waals surface area (Å²) in [4.78, 5) is 17.7. The van der Waals surface area contributed by atoms with Gasteiger partial charge in [0.15, 0.2) is 4.80 Å². The van der Waals surface area contributed by atoms with Crippen molar-refractivity contribution in [2.75, 3.05) is 19.3 Å². The molecule has 1 unspecified atom stereocenters. The van der Waals surface area contributed by atoms with Crippen molar-refractivity contribution >= 4 is 37.5 Å². The Morgan fingerprint density at radius 1 is 1.43 bits per heavy atom. The van der Waals surface area contributed by atoms with E-state index in [0.29, 0.717) is 36.7 Å². The molecule has 0 saturated carbocycles. The Labute approximate surface area is 169 Å². The number of hydrogen-bond acceptors (Lipinski definition) is 4.